The van der Waals surface area contributed by atoms with Crippen LogP contribution in [0, 0.1) is 12.8 Å². The van der Waals surface area contributed by atoms with Crippen LogP contribution in [0.3, 0.4) is 0 Å². The van der Waals surface area contributed by atoms with Crippen molar-refractivity contribution in [2.24, 2.45) is 5.92 Å². The molecule has 0 aliphatic rings. The lowest BCUT2D eigenvalue weighted by atomic mass is 10.0. The molecule has 5 nitrogen and oxygen atoms in total. The van der Waals surface area contributed by atoms with E-state index < -0.39 is 18.0 Å². The van der Waals surface area contributed by atoms with Crippen molar-refractivity contribution in [3.63, 3.8) is 0 Å². The largest absolute Gasteiger partial charge is 0.420 e. The summed E-state index contributed by atoms with van der Waals surface area (Å²) in [7, 11) is 0. The molecule has 0 fully saturated rings. The maximum absolute atomic E-state index is 12.7. The van der Waals surface area contributed by atoms with Crippen molar-refractivity contribution in [1.82, 2.24) is 15.0 Å². The zero-order chi connectivity index (χ0) is 20.5. The molecule has 0 aliphatic carbocycles. The number of aliphatic hydroxyl groups excluding tert-OH is 1. The van der Waals surface area contributed by atoms with Crippen LogP contribution < -0.4 is 5.32 Å². The molecule has 148 valence electrons. The Morgan fingerprint density at radius 2 is 1.68 bits per heavy atom. The van der Waals surface area contributed by atoms with Gasteiger partial charge in [-0.05, 0) is 36.6 Å². The molecule has 3 rings (SSSR count). The number of fused-ring (bicyclic) bond motifs is 1. The normalized spacial score (nSPS) is 13.1. The Labute approximate surface area is 160 Å². The lowest BCUT2D eigenvalue weighted by Crippen LogP contribution is -2.21. The number of hydrogen-bond donors (Lipinski definition) is 2. The van der Waals surface area contributed by atoms with Crippen LogP contribution in [0.15, 0.2) is 36.8 Å². The van der Waals surface area contributed by atoms with E-state index in [1.165, 1.54) is 12.3 Å². The summed E-state index contributed by atoms with van der Waals surface area (Å²) >= 11 is 0. The summed E-state index contributed by atoms with van der Waals surface area (Å²) in [6.45, 7) is 6.69. The van der Waals surface area contributed by atoms with E-state index in [0.29, 0.717) is 22.7 Å². The van der Waals surface area contributed by atoms with Crippen LogP contribution in [0.25, 0.3) is 22.0 Å². The first-order valence-electron chi connectivity index (χ1n) is 8.86. The number of halogens is 3. The third kappa shape index (κ3) is 4.39. The summed E-state index contributed by atoms with van der Waals surface area (Å²) in [6, 6.07) is 4.96. The molecule has 3 aromatic heterocycles. The number of anilines is 1. The van der Waals surface area contributed by atoms with Crippen LogP contribution in [-0.4, -0.2) is 32.8 Å². The van der Waals surface area contributed by atoms with Gasteiger partial charge in [0.05, 0.1) is 11.4 Å². The number of aryl methyl sites for hydroxylation is 1. The van der Waals surface area contributed by atoms with Gasteiger partial charge in [-0.2, -0.15) is 13.2 Å². The highest BCUT2D eigenvalue weighted by Crippen LogP contribution is 2.33. The number of aliphatic hydroxyl groups is 1. The van der Waals surface area contributed by atoms with E-state index in [-0.39, 0.29) is 0 Å². The third-order valence-electron chi connectivity index (χ3n) is 4.29. The zero-order valence-electron chi connectivity index (χ0n) is 15.7. The maximum Gasteiger partial charge on any atom is 0.420 e. The van der Waals surface area contributed by atoms with Crippen LogP contribution in [0.1, 0.15) is 31.2 Å². The summed E-state index contributed by atoms with van der Waals surface area (Å²) in [6.07, 6.45) is -2.63. The SMILES string of the molecule is Cc1cc([C@@H](O)C(F)(F)F)ncc1-c1cc2cnc(NCC(C)C)cc2cn1. The highest BCUT2D eigenvalue weighted by Gasteiger charge is 2.40. The molecular formula is C20H21F3N4O. The molecule has 0 amide bonds. The molecule has 0 saturated heterocycles. The Morgan fingerprint density at radius 1 is 1.00 bits per heavy atom. The zero-order valence-corrected chi connectivity index (χ0v) is 15.7. The summed E-state index contributed by atoms with van der Waals surface area (Å²) in [5, 5.41) is 14.4. The first-order valence-corrected chi connectivity index (χ1v) is 8.86. The number of pyridine rings is 3. The Kier molecular flexibility index (Phi) is 5.51. The van der Waals surface area contributed by atoms with Gasteiger partial charge in [0.25, 0.3) is 0 Å². The smallest absolute Gasteiger partial charge is 0.378 e. The summed E-state index contributed by atoms with van der Waals surface area (Å²) in [5.41, 5.74) is 1.29. The Morgan fingerprint density at radius 3 is 2.32 bits per heavy atom. The second-order valence-electron chi connectivity index (χ2n) is 7.13. The lowest BCUT2D eigenvalue weighted by Gasteiger charge is -2.15. The quantitative estimate of drug-likeness (QED) is 0.663. The van der Waals surface area contributed by atoms with E-state index in [1.807, 2.05) is 12.1 Å². The van der Waals surface area contributed by atoms with Crippen molar-refractivity contribution < 1.29 is 18.3 Å². The van der Waals surface area contributed by atoms with Gasteiger partial charge in [0, 0.05) is 41.5 Å². The average molecular weight is 390 g/mol. The number of alkyl halides is 3. The molecule has 8 heteroatoms. The van der Waals surface area contributed by atoms with Gasteiger partial charge in [0.15, 0.2) is 6.10 Å². The van der Waals surface area contributed by atoms with Gasteiger partial charge >= 0.3 is 6.18 Å². The van der Waals surface area contributed by atoms with Crippen LogP contribution in [0.5, 0.6) is 0 Å². The monoisotopic (exact) mass is 390 g/mol. The number of hydrogen-bond acceptors (Lipinski definition) is 5. The molecule has 0 saturated carbocycles. The van der Waals surface area contributed by atoms with Crippen molar-refractivity contribution in [3.05, 3.63) is 48.0 Å². The number of nitrogens with zero attached hydrogens (tertiary/aromatic N) is 3. The van der Waals surface area contributed by atoms with Crippen LogP contribution >= 0.6 is 0 Å². The second kappa shape index (κ2) is 7.71. The minimum atomic E-state index is -4.75. The van der Waals surface area contributed by atoms with Gasteiger partial charge in [-0.25, -0.2) is 4.98 Å². The summed E-state index contributed by atoms with van der Waals surface area (Å²) < 4.78 is 38.0. The minimum absolute atomic E-state index is 0.433. The summed E-state index contributed by atoms with van der Waals surface area (Å²) in [5.74, 6) is 1.26. The van der Waals surface area contributed by atoms with Gasteiger partial charge in [-0.15, -0.1) is 0 Å². The molecule has 3 heterocycles. The predicted molar refractivity (Wildman–Crippen MR) is 102 cm³/mol. The van der Waals surface area contributed by atoms with E-state index in [1.54, 1.807) is 19.3 Å². The molecule has 28 heavy (non-hydrogen) atoms. The van der Waals surface area contributed by atoms with Crippen molar-refractivity contribution >= 4 is 16.6 Å². The van der Waals surface area contributed by atoms with Crippen molar-refractivity contribution in [3.8, 4) is 11.3 Å². The van der Waals surface area contributed by atoms with Gasteiger partial charge in [0.2, 0.25) is 0 Å². The van der Waals surface area contributed by atoms with Crippen molar-refractivity contribution in [2.45, 2.75) is 33.1 Å². The fraction of sp³-hybridized carbons (Fsp3) is 0.350. The molecule has 0 spiro atoms. The van der Waals surface area contributed by atoms with Crippen LogP contribution in [0.2, 0.25) is 0 Å². The standard InChI is InChI=1S/C20H21F3N4O/c1-11(2)7-26-18-6-14-8-24-16(5-13(14)9-27-18)15-10-25-17(4-12(15)3)19(28)20(21,22)23/h4-6,8-11,19,28H,7H2,1-3H3,(H,26,27)/t19-/m1/s1. The second-order valence-corrected chi connectivity index (χ2v) is 7.13. The average Bonchev–Trinajstić information content (AvgIpc) is 2.64. The van der Waals surface area contributed by atoms with E-state index in [9.17, 15) is 18.3 Å². The van der Waals surface area contributed by atoms with E-state index in [4.69, 9.17) is 0 Å². The molecule has 0 aliphatic heterocycles. The highest BCUT2D eigenvalue weighted by molar-refractivity contribution is 5.86. The molecule has 0 bridgehead atoms. The fourth-order valence-corrected chi connectivity index (χ4v) is 2.75. The molecule has 0 radical (unpaired) electrons. The number of aromatic nitrogens is 3. The van der Waals surface area contributed by atoms with Crippen molar-refractivity contribution in [2.75, 3.05) is 11.9 Å². The first kappa shape index (κ1) is 20.0. The van der Waals surface area contributed by atoms with E-state index in [2.05, 4.69) is 34.1 Å². The van der Waals surface area contributed by atoms with Gasteiger partial charge in [-0.3, -0.25) is 9.97 Å². The Hall–Kier alpha value is -2.74. The van der Waals surface area contributed by atoms with E-state index >= 15 is 0 Å². The van der Waals surface area contributed by atoms with Gasteiger partial charge < -0.3 is 10.4 Å². The predicted octanol–water partition coefficient (Wildman–Crippen LogP) is 4.66. The summed E-state index contributed by atoms with van der Waals surface area (Å²) in [4.78, 5) is 12.6. The molecule has 1 atom stereocenters. The Bertz CT molecular complexity index is 989. The molecular weight excluding hydrogens is 369 g/mol. The molecule has 0 aromatic carbocycles. The Balaban J connectivity index is 1.90. The topological polar surface area (TPSA) is 70.9 Å². The van der Waals surface area contributed by atoms with Gasteiger partial charge in [-0.1, -0.05) is 13.8 Å². The molecule has 0 unspecified atom stereocenters. The van der Waals surface area contributed by atoms with Crippen LogP contribution in [0.4, 0.5) is 19.0 Å². The lowest BCUT2D eigenvalue weighted by molar-refractivity contribution is -0.207. The fourth-order valence-electron chi connectivity index (χ4n) is 2.75. The van der Waals surface area contributed by atoms with E-state index in [0.717, 1.165) is 23.1 Å². The minimum Gasteiger partial charge on any atom is -0.378 e. The molecule has 2 N–H and O–H groups in total. The van der Waals surface area contributed by atoms with Crippen molar-refractivity contribution in [1.29, 1.82) is 0 Å². The number of nitrogens with one attached hydrogen (secondary N) is 1. The third-order valence-corrected chi connectivity index (χ3v) is 4.29. The highest BCUT2D eigenvalue weighted by atomic mass is 19.4. The maximum atomic E-state index is 12.7. The number of rotatable bonds is 5. The first-order chi connectivity index (χ1) is 13.1. The van der Waals surface area contributed by atoms with Crippen LogP contribution in [-0.2, 0) is 0 Å². The van der Waals surface area contributed by atoms with Gasteiger partial charge in [0.1, 0.15) is 5.82 Å². The molecule has 3 aromatic rings.